The minimum absolute atomic E-state index is 0.0303. The van der Waals surface area contributed by atoms with Crippen molar-refractivity contribution in [2.45, 2.75) is 6.54 Å². The average Bonchev–Trinajstić information content (AvgIpc) is 2.69. The van der Waals surface area contributed by atoms with E-state index in [4.69, 9.17) is 0 Å². The summed E-state index contributed by atoms with van der Waals surface area (Å²) in [5.41, 5.74) is 1.85. The van der Waals surface area contributed by atoms with Crippen molar-refractivity contribution >= 4 is 17.5 Å². The van der Waals surface area contributed by atoms with Crippen LogP contribution in [0.25, 0.3) is 0 Å². The lowest BCUT2D eigenvalue weighted by molar-refractivity contribution is -0.123. The predicted octanol–water partition coefficient (Wildman–Crippen LogP) is 0.954. The fourth-order valence-corrected chi connectivity index (χ4v) is 3.00. The van der Waals surface area contributed by atoms with E-state index in [-0.39, 0.29) is 11.8 Å². The van der Waals surface area contributed by atoms with Crippen LogP contribution >= 0.6 is 0 Å². The van der Waals surface area contributed by atoms with Gasteiger partial charge in [-0.3, -0.25) is 24.4 Å². The van der Waals surface area contributed by atoms with Crippen LogP contribution in [0.15, 0.2) is 54.9 Å². The molecule has 2 N–H and O–H groups in total. The number of nitrogens with zero attached hydrogens (tertiary/aromatic N) is 3. The SMILES string of the molecule is O=C(CN1CCN(CC(=O)Nc2ccncc2)CC1)NCc1ccccc1. The highest BCUT2D eigenvalue weighted by Gasteiger charge is 2.20. The number of carbonyl (C=O) groups is 2. The molecular formula is C20H25N5O2. The summed E-state index contributed by atoms with van der Waals surface area (Å²) in [6, 6.07) is 13.4. The zero-order chi connectivity index (χ0) is 18.9. The number of carbonyl (C=O) groups excluding carboxylic acids is 2. The molecule has 1 aliphatic heterocycles. The maximum Gasteiger partial charge on any atom is 0.238 e. The molecule has 7 nitrogen and oxygen atoms in total. The van der Waals surface area contributed by atoms with Gasteiger partial charge in [0, 0.05) is 50.8 Å². The second-order valence-corrected chi connectivity index (χ2v) is 6.60. The van der Waals surface area contributed by atoms with Crippen molar-refractivity contribution in [3.05, 3.63) is 60.4 Å². The summed E-state index contributed by atoms with van der Waals surface area (Å²) in [6.07, 6.45) is 3.30. The predicted molar refractivity (Wildman–Crippen MR) is 104 cm³/mol. The molecule has 2 amide bonds. The van der Waals surface area contributed by atoms with Crippen LogP contribution in [0.2, 0.25) is 0 Å². The molecular weight excluding hydrogens is 342 g/mol. The first-order chi connectivity index (χ1) is 13.2. The Morgan fingerprint density at radius 1 is 0.852 bits per heavy atom. The minimum atomic E-state index is -0.0322. The van der Waals surface area contributed by atoms with Crippen molar-refractivity contribution in [2.75, 3.05) is 44.6 Å². The number of rotatable bonds is 7. The molecule has 0 radical (unpaired) electrons. The van der Waals surface area contributed by atoms with Gasteiger partial charge >= 0.3 is 0 Å². The molecule has 0 saturated carbocycles. The first-order valence-electron chi connectivity index (χ1n) is 9.14. The van der Waals surface area contributed by atoms with E-state index in [0.717, 1.165) is 37.4 Å². The van der Waals surface area contributed by atoms with E-state index in [1.807, 2.05) is 30.3 Å². The van der Waals surface area contributed by atoms with Gasteiger partial charge in [0.15, 0.2) is 0 Å². The number of benzene rings is 1. The Bertz CT molecular complexity index is 731. The number of hydrogen-bond donors (Lipinski definition) is 2. The van der Waals surface area contributed by atoms with Crippen molar-refractivity contribution in [1.29, 1.82) is 0 Å². The summed E-state index contributed by atoms with van der Waals surface area (Å²) >= 11 is 0. The molecule has 142 valence electrons. The van der Waals surface area contributed by atoms with Crippen LogP contribution < -0.4 is 10.6 Å². The Hall–Kier alpha value is -2.77. The van der Waals surface area contributed by atoms with Crippen LogP contribution in [0.5, 0.6) is 0 Å². The molecule has 0 bridgehead atoms. The highest BCUT2D eigenvalue weighted by molar-refractivity contribution is 5.92. The highest BCUT2D eigenvalue weighted by Crippen LogP contribution is 2.05. The van der Waals surface area contributed by atoms with Gasteiger partial charge in [-0.15, -0.1) is 0 Å². The first kappa shape index (κ1) is 19.0. The van der Waals surface area contributed by atoms with Crippen LogP contribution in [-0.4, -0.2) is 65.9 Å². The summed E-state index contributed by atoms with van der Waals surface area (Å²) in [5, 5.41) is 5.82. The van der Waals surface area contributed by atoms with Crippen molar-refractivity contribution in [1.82, 2.24) is 20.1 Å². The summed E-state index contributed by atoms with van der Waals surface area (Å²) in [5.74, 6) is -0.00186. The molecule has 1 aromatic heterocycles. The monoisotopic (exact) mass is 367 g/mol. The van der Waals surface area contributed by atoms with Gasteiger partial charge in [-0.25, -0.2) is 0 Å². The average molecular weight is 367 g/mol. The lowest BCUT2D eigenvalue weighted by Crippen LogP contribution is -2.50. The topological polar surface area (TPSA) is 77.6 Å². The largest absolute Gasteiger partial charge is 0.351 e. The van der Waals surface area contributed by atoms with Crippen molar-refractivity contribution in [3.63, 3.8) is 0 Å². The van der Waals surface area contributed by atoms with Gasteiger partial charge in [0.2, 0.25) is 11.8 Å². The number of piperazine rings is 1. The zero-order valence-electron chi connectivity index (χ0n) is 15.3. The van der Waals surface area contributed by atoms with Crippen molar-refractivity contribution < 1.29 is 9.59 Å². The summed E-state index contributed by atoms with van der Waals surface area (Å²) in [6.45, 7) is 4.41. The van der Waals surface area contributed by atoms with Crippen LogP contribution in [0.1, 0.15) is 5.56 Å². The number of anilines is 1. The van der Waals surface area contributed by atoms with Gasteiger partial charge in [-0.05, 0) is 17.7 Å². The van der Waals surface area contributed by atoms with E-state index in [0.29, 0.717) is 19.6 Å². The number of hydrogen-bond acceptors (Lipinski definition) is 5. The molecule has 2 aromatic rings. The molecule has 3 rings (SSSR count). The van der Waals surface area contributed by atoms with E-state index >= 15 is 0 Å². The number of pyridine rings is 1. The fraction of sp³-hybridized carbons (Fsp3) is 0.350. The van der Waals surface area contributed by atoms with E-state index < -0.39 is 0 Å². The van der Waals surface area contributed by atoms with Gasteiger partial charge < -0.3 is 10.6 Å². The Labute approximate surface area is 159 Å². The van der Waals surface area contributed by atoms with Crippen LogP contribution in [0, 0.1) is 0 Å². The molecule has 0 aliphatic carbocycles. The lowest BCUT2D eigenvalue weighted by atomic mass is 10.2. The summed E-state index contributed by atoms with van der Waals surface area (Å²) in [4.78, 5) is 32.4. The maximum atomic E-state index is 12.1. The molecule has 0 spiro atoms. The second-order valence-electron chi connectivity index (χ2n) is 6.60. The molecule has 1 saturated heterocycles. The summed E-state index contributed by atoms with van der Waals surface area (Å²) < 4.78 is 0. The van der Waals surface area contributed by atoms with Crippen molar-refractivity contribution in [3.8, 4) is 0 Å². The molecule has 27 heavy (non-hydrogen) atoms. The highest BCUT2D eigenvalue weighted by atomic mass is 16.2. The minimum Gasteiger partial charge on any atom is -0.351 e. The van der Waals surface area contributed by atoms with Gasteiger partial charge in [0.05, 0.1) is 13.1 Å². The Morgan fingerprint density at radius 3 is 2.07 bits per heavy atom. The second kappa shape index (κ2) is 9.80. The van der Waals surface area contributed by atoms with Gasteiger partial charge in [0.25, 0.3) is 0 Å². The molecule has 1 aliphatic rings. The Balaban J connectivity index is 1.33. The van der Waals surface area contributed by atoms with E-state index in [1.165, 1.54) is 0 Å². The van der Waals surface area contributed by atoms with Gasteiger partial charge in [0.1, 0.15) is 0 Å². The lowest BCUT2D eigenvalue weighted by Gasteiger charge is -2.33. The van der Waals surface area contributed by atoms with Crippen LogP contribution in [0.4, 0.5) is 5.69 Å². The zero-order valence-corrected chi connectivity index (χ0v) is 15.3. The molecule has 0 atom stereocenters. The normalized spacial score (nSPS) is 15.3. The molecule has 2 heterocycles. The van der Waals surface area contributed by atoms with Crippen molar-refractivity contribution in [2.24, 2.45) is 0 Å². The van der Waals surface area contributed by atoms with E-state index in [2.05, 4.69) is 25.4 Å². The third-order valence-corrected chi connectivity index (χ3v) is 4.50. The Kier molecular flexibility index (Phi) is 6.90. The summed E-state index contributed by atoms with van der Waals surface area (Å²) in [7, 11) is 0. The number of nitrogens with one attached hydrogen (secondary N) is 2. The number of amides is 2. The molecule has 1 fully saturated rings. The van der Waals surface area contributed by atoms with Crippen LogP contribution in [0.3, 0.4) is 0 Å². The first-order valence-corrected chi connectivity index (χ1v) is 9.14. The molecule has 7 heteroatoms. The van der Waals surface area contributed by atoms with E-state index in [1.54, 1.807) is 24.5 Å². The van der Waals surface area contributed by atoms with Gasteiger partial charge in [-0.2, -0.15) is 0 Å². The third kappa shape index (κ3) is 6.47. The number of aromatic nitrogens is 1. The molecule has 0 unspecified atom stereocenters. The van der Waals surface area contributed by atoms with Crippen LogP contribution in [-0.2, 0) is 16.1 Å². The van der Waals surface area contributed by atoms with Gasteiger partial charge in [-0.1, -0.05) is 30.3 Å². The maximum absolute atomic E-state index is 12.1. The smallest absolute Gasteiger partial charge is 0.238 e. The van der Waals surface area contributed by atoms with E-state index in [9.17, 15) is 9.59 Å². The quantitative estimate of drug-likeness (QED) is 0.762. The Morgan fingerprint density at radius 2 is 1.44 bits per heavy atom. The third-order valence-electron chi connectivity index (χ3n) is 4.50. The fourth-order valence-electron chi connectivity index (χ4n) is 3.00. The molecule has 1 aromatic carbocycles. The standard InChI is InChI=1S/C20H25N5O2/c26-19(22-14-17-4-2-1-3-5-17)15-24-10-12-25(13-11-24)16-20(27)23-18-6-8-21-9-7-18/h1-9H,10-16H2,(H,22,26)(H,21,23,27).